The van der Waals surface area contributed by atoms with Gasteiger partial charge in [0.2, 0.25) is 5.91 Å². The Labute approximate surface area is 213 Å². The van der Waals surface area contributed by atoms with E-state index in [0.29, 0.717) is 22.5 Å². The number of hydrogen-bond acceptors (Lipinski definition) is 6. The Morgan fingerprint density at radius 2 is 1.63 bits per heavy atom. The summed E-state index contributed by atoms with van der Waals surface area (Å²) in [5.74, 6) is -0.0260. The van der Waals surface area contributed by atoms with Gasteiger partial charge in [0.1, 0.15) is 11.5 Å². The van der Waals surface area contributed by atoms with Crippen molar-refractivity contribution in [3.8, 4) is 22.4 Å². The van der Waals surface area contributed by atoms with E-state index in [-0.39, 0.29) is 23.0 Å². The number of nitrogens with one attached hydrogen (secondary N) is 4. The van der Waals surface area contributed by atoms with Gasteiger partial charge < -0.3 is 16.0 Å². The molecule has 0 spiro atoms. The largest absolute Gasteiger partial charge is 0.433 e. The molecule has 0 radical (unpaired) electrons. The highest BCUT2D eigenvalue weighted by Gasteiger charge is 2.32. The molecule has 1 aromatic carbocycles. The average Bonchev–Trinajstić information content (AvgIpc) is 2.85. The third-order valence-electron chi connectivity index (χ3n) is 5.26. The van der Waals surface area contributed by atoms with Crippen LogP contribution < -0.4 is 21.5 Å². The molecule has 0 bridgehead atoms. The Balaban J connectivity index is 1.56. The lowest BCUT2D eigenvalue weighted by Gasteiger charge is -2.12. The lowest BCUT2D eigenvalue weighted by molar-refractivity contribution is -0.141. The van der Waals surface area contributed by atoms with Crippen LogP contribution in [0.3, 0.4) is 0 Å². The van der Waals surface area contributed by atoms with Crippen LogP contribution in [0.4, 0.5) is 35.2 Å². The van der Waals surface area contributed by atoms with Gasteiger partial charge in [0, 0.05) is 24.4 Å². The molecule has 0 unspecified atom stereocenters. The van der Waals surface area contributed by atoms with Crippen LogP contribution in [0.25, 0.3) is 22.4 Å². The van der Waals surface area contributed by atoms with Crippen molar-refractivity contribution in [2.75, 3.05) is 16.0 Å². The first-order valence-electron chi connectivity index (χ1n) is 11.1. The Hall–Kier alpha value is -5.07. The van der Waals surface area contributed by atoms with Gasteiger partial charge in [-0.25, -0.2) is 19.9 Å². The number of nitrogens with zero attached hydrogens (tertiary/aromatic N) is 3. The van der Waals surface area contributed by atoms with E-state index in [1.807, 2.05) is 6.92 Å². The molecule has 0 aliphatic carbocycles. The molecule has 38 heavy (non-hydrogen) atoms. The lowest BCUT2D eigenvalue weighted by Crippen LogP contribution is -2.20. The zero-order valence-electron chi connectivity index (χ0n) is 20.0. The standard InChI is InChI=1S/C25H20F3N7O3/c1-13-3-4-16(32-24(38)33-17-5-6-21(30-12-17)25(26,27)28)10-18(13)20-11-19(23(37)35-34-20)15-7-8-29-22(9-15)31-14(2)36/h3-12H,1-2H3,(H,35,37)(H,29,31,36)(H2,32,33,38). The van der Waals surface area contributed by atoms with Crippen molar-refractivity contribution in [1.29, 1.82) is 0 Å². The second kappa shape index (κ2) is 10.5. The maximum Gasteiger partial charge on any atom is 0.433 e. The van der Waals surface area contributed by atoms with Crippen LogP contribution in [-0.4, -0.2) is 32.1 Å². The van der Waals surface area contributed by atoms with Crippen LogP contribution in [0.2, 0.25) is 0 Å². The minimum Gasteiger partial charge on any atom is -0.311 e. The Morgan fingerprint density at radius 3 is 2.32 bits per heavy atom. The van der Waals surface area contributed by atoms with E-state index in [2.05, 4.69) is 36.1 Å². The quantitative estimate of drug-likeness (QED) is 0.295. The fourth-order valence-electron chi connectivity index (χ4n) is 3.51. The van der Waals surface area contributed by atoms with Gasteiger partial charge in [-0.05, 0) is 60.5 Å². The topological polar surface area (TPSA) is 142 Å². The van der Waals surface area contributed by atoms with E-state index >= 15 is 0 Å². The van der Waals surface area contributed by atoms with E-state index < -0.39 is 23.5 Å². The molecule has 0 atom stereocenters. The normalized spacial score (nSPS) is 11.1. The molecule has 3 aromatic heterocycles. The van der Waals surface area contributed by atoms with Crippen molar-refractivity contribution in [2.45, 2.75) is 20.0 Å². The summed E-state index contributed by atoms with van der Waals surface area (Å²) < 4.78 is 38.0. The van der Waals surface area contributed by atoms with Gasteiger partial charge in [0.15, 0.2) is 0 Å². The van der Waals surface area contributed by atoms with Crippen LogP contribution >= 0.6 is 0 Å². The number of carbonyl (C=O) groups excluding carboxylic acids is 2. The fraction of sp³-hybridized carbons (Fsp3) is 0.120. The smallest absolute Gasteiger partial charge is 0.311 e. The predicted octanol–water partition coefficient (Wildman–Crippen LogP) is 4.82. The summed E-state index contributed by atoms with van der Waals surface area (Å²) >= 11 is 0. The monoisotopic (exact) mass is 523 g/mol. The second-order valence-corrected chi connectivity index (χ2v) is 8.15. The summed E-state index contributed by atoms with van der Waals surface area (Å²) in [6.07, 6.45) is -2.22. The molecular weight excluding hydrogens is 503 g/mol. The number of pyridine rings is 2. The molecule has 0 saturated heterocycles. The first kappa shape index (κ1) is 26.0. The van der Waals surface area contributed by atoms with Gasteiger partial charge in [0.25, 0.3) is 5.56 Å². The molecule has 0 aliphatic rings. The van der Waals surface area contributed by atoms with Gasteiger partial charge in [-0.1, -0.05) is 6.07 Å². The van der Waals surface area contributed by atoms with Crippen LogP contribution in [0.1, 0.15) is 18.2 Å². The van der Waals surface area contributed by atoms with E-state index in [0.717, 1.165) is 23.9 Å². The molecule has 194 valence electrons. The number of H-pyrrole nitrogens is 1. The highest BCUT2D eigenvalue weighted by atomic mass is 19.4. The number of carbonyl (C=O) groups is 2. The average molecular weight is 523 g/mol. The first-order chi connectivity index (χ1) is 18.0. The molecule has 4 rings (SSSR count). The highest BCUT2D eigenvalue weighted by molar-refractivity contribution is 6.00. The van der Waals surface area contributed by atoms with E-state index in [4.69, 9.17) is 0 Å². The molecular formula is C25H20F3N7O3. The van der Waals surface area contributed by atoms with Gasteiger partial charge in [-0.3, -0.25) is 9.59 Å². The number of alkyl halides is 3. The molecule has 3 amide bonds. The van der Waals surface area contributed by atoms with Crippen LogP contribution in [-0.2, 0) is 11.0 Å². The number of halogens is 3. The number of amides is 3. The zero-order valence-corrected chi connectivity index (χ0v) is 20.0. The molecule has 4 aromatic rings. The molecule has 10 nitrogen and oxygen atoms in total. The molecule has 0 fully saturated rings. The zero-order chi connectivity index (χ0) is 27.4. The number of rotatable bonds is 5. The maximum absolute atomic E-state index is 12.7. The van der Waals surface area contributed by atoms with Gasteiger partial charge in [-0.2, -0.15) is 18.3 Å². The summed E-state index contributed by atoms with van der Waals surface area (Å²) in [6, 6.07) is 10.9. The number of hydrogen-bond donors (Lipinski definition) is 4. The van der Waals surface area contributed by atoms with Crippen molar-refractivity contribution >= 4 is 29.1 Å². The summed E-state index contributed by atoms with van der Waals surface area (Å²) in [4.78, 5) is 43.7. The summed E-state index contributed by atoms with van der Waals surface area (Å²) in [7, 11) is 0. The third-order valence-corrected chi connectivity index (χ3v) is 5.26. The first-order valence-corrected chi connectivity index (χ1v) is 11.1. The SMILES string of the molecule is CC(=O)Nc1cc(-c2cc(-c3cc(NC(=O)Nc4ccc(C(F)(F)F)nc4)ccc3C)n[nH]c2=O)ccn1. The van der Waals surface area contributed by atoms with Crippen LogP contribution in [0, 0.1) is 6.92 Å². The Bertz CT molecular complexity index is 1570. The lowest BCUT2D eigenvalue weighted by atomic mass is 10.0. The van der Waals surface area contributed by atoms with Crippen molar-refractivity contribution in [1.82, 2.24) is 20.2 Å². The van der Waals surface area contributed by atoms with E-state index in [1.54, 1.807) is 36.4 Å². The van der Waals surface area contributed by atoms with E-state index in [1.165, 1.54) is 13.1 Å². The maximum atomic E-state index is 12.7. The molecule has 3 heterocycles. The molecule has 0 saturated carbocycles. The fourth-order valence-corrected chi connectivity index (χ4v) is 3.51. The second-order valence-electron chi connectivity index (χ2n) is 8.15. The van der Waals surface area contributed by atoms with Crippen molar-refractivity contribution in [3.05, 3.63) is 82.5 Å². The third kappa shape index (κ3) is 6.19. The summed E-state index contributed by atoms with van der Waals surface area (Å²) in [5.41, 5.74) is 1.52. The summed E-state index contributed by atoms with van der Waals surface area (Å²) in [6.45, 7) is 3.16. The Morgan fingerprint density at radius 1 is 0.895 bits per heavy atom. The van der Waals surface area contributed by atoms with Crippen LogP contribution in [0.15, 0.2) is 65.7 Å². The van der Waals surface area contributed by atoms with Crippen LogP contribution in [0.5, 0.6) is 0 Å². The van der Waals surface area contributed by atoms with Crippen molar-refractivity contribution in [3.63, 3.8) is 0 Å². The van der Waals surface area contributed by atoms with Gasteiger partial charge >= 0.3 is 12.2 Å². The number of benzene rings is 1. The number of aromatic nitrogens is 4. The van der Waals surface area contributed by atoms with Crippen molar-refractivity contribution < 1.29 is 22.8 Å². The Kier molecular flexibility index (Phi) is 7.19. The number of anilines is 3. The van der Waals surface area contributed by atoms with Gasteiger partial charge in [-0.15, -0.1) is 0 Å². The number of aryl methyl sites for hydroxylation is 1. The molecule has 4 N–H and O–H groups in total. The predicted molar refractivity (Wildman–Crippen MR) is 134 cm³/mol. The molecule has 0 aliphatic heterocycles. The summed E-state index contributed by atoms with van der Waals surface area (Å²) in [5, 5.41) is 14.2. The molecule has 13 heteroatoms. The number of aromatic amines is 1. The minimum atomic E-state index is -4.58. The van der Waals surface area contributed by atoms with E-state index in [9.17, 15) is 27.6 Å². The highest BCUT2D eigenvalue weighted by Crippen LogP contribution is 2.29. The number of urea groups is 1. The van der Waals surface area contributed by atoms with Gasteiger partial charge in [0.05, 0.1) is 23.1 Å². The van der Waals surface area contributed by atoms with Crippen molar-refractivity contribution in [2.24, 2.45) is 0 Å². The minimum absolute atomic E-state index is 0.0748.